The van der Waals surface area contributed by atoms with Gasteiger partial charge in [-0.3, -0.25) is 0 Å². The predicted molar refractivity (Wildman–Crippen MR) is 82.8 cm³/mol. The highest BCUT2D eigenvalue weighted by Crippen LogP contribution is 2.55. The number of alkyl halides is 2. The fraction of sp³-hybridized carbons (Fsp3) is 0.500. The highest BCUT2D eigenvalue weighted by molar-refractivity contribution is 9.12. The Hall–Kier alpha value is 0.700. The molecule has 1 saturated heterocycles. The highest BCUT2D eigenvalue weighted by atomic mass is 79.9. The lowest BCUT2D eigenvalue weighted by Crippen LogP contribution is -2.08. The first-order valence-electron chi connectivity index (χ1n) is 5.58. The summed E-state index contributed by atoms with van der Waals surface area (Å²) < 4.78 is 12.6. The molecule has 94 valence electrons. The molecular formula is C12H14Br2ClOP. The van der Waals surface area contributed by atoms with Crippen LogP contribution in [0.25, 0.3) is 0 Å². The van der Waals surface area contributed by atoms with E-state index in [1.807, 2.05) is 24.3 Å². The van der Waals surface area contributed by atoms with Crippen molar-refractivity contribution in [3.05, 3.63) is 34.9 Å². The molecule has 0 saturated carbocycles. The minimum Gasteiger partial charge on any atom is -0.323 e. The van der Waals surface area contributed by atoms with E-state index in [4.69, 9.17) is 11.6 Å². The molecule has 2 rings (SSSR count). The second kappa shape index (κ2) is 5.77. The quantitative estimate of drug-likeness (QED) is 0.527. The molecule has 0 radical (unpaired) electrons. The number of rotatable bonds is 3. The molecular weight excluding hydrogens is 386 g/mol. The van der Waals surface area contributed by atoms with Crippen LogP contribution in [-0.2, 0) is 11.0 Å². The Morgan fingerprint density at radius 3 is 2.24 bits per heavy atom. The summed E-state index contributed by atoms with van der Waals surface area (Å²) in [6, 6.07) is 7.81. The molecule has 1 aromatic carbocycles. The second-order valence-electron chi connectivity index (χ2n) is 4.56. The number of halogens is 3. The number of benzene rings is 1. The molecule has 0 unspecified atom stereocenters. The van der Waals surface area contributed by atoms with Gasteiger partial charge in [-0.05, 0) is 24.1 Å². The molecule has 1 aliphatic heterocycles. The van der Waals surface area contributed by atoms with Gasteiger partial charge in [-0.1, -0.05) is 55.6 Å². The molecule has 17 heavy (non-hydrogen) atoms. The number of hydrogen-bond donors (Lipinski definition) is 0. The van der Waals surface area contributed by atoms with Crippen LogP contribution in [-0.4, -0.2) is 28.1 Å². The zero-order chi connectivity index (χ0) is 12.5. The Morgan fingerprint density at radius 1 is 1.18 bits per heavy atom. The van der Waals surface area contributed by atoms with Crippen LogP contribution >= 0.6 is 50.6 Å². The van der Waals surface area contributed by atoms with Crippen LogP contribution in [0.2, 0.25) is 5.02 Å². The van der Waals surface area contributed by atoms with Crippen LogP contribution in [0, 0.1) is 0 Å². The van der Waals surface area contributed by atoms with Gasteiger partial charge in [0.25, 0.3) is 0 Å². The lowest BCUT2D eigenvalue weighted by atomic mass is 10.2. The summed E-state index contributed by atoms with van der Waals surface area (Å²) in [5.74, 6) is 0. The lowest BCUT2D eigenvalue weighted by molar-refractivity contribution is 0.578. The minimum absolute atomic E-state index is 0.360. The van der Waals surface area contributed by atoms with Crippen molar-refractivity contribution < 1.29 is 4.57 Å². The van der Waals surface area contributed by atoms with Crippen LogP contribution < -0.4 is 0 Å². The van der Waals surface area contributed by atoms with Crippen molar-refractivity contribution in [2.24, 2.45) is 0 Å². The van der Waals surface area contributed by atoms with Crippen LogP contribution in [0.1, 0.15) is 5.56 Å². The standard InChI is InChI=1S/C12H14Br2ClOP/c13-11-7-17(16,8-12(11)14)6-5-9-1-3-10(15)4-2-9/h1-4,11-12H,5-8H2/t11-,12-/m0/s1. The van der Waals surface area contributed by atoms with Gasteiger partial charge in [0.15, 0.2) is 0 Å². The third-order valence-corrected chi connectivity index (χ3v) is 10.2. The summed E-state index contributed by atoms with van der Waals surface area (Å²) in [7, 11) is -1.99. The van der Waals surface area contributed by atoms with E-state index < -0.39 is 7.14 Å². The second-order valence-corrected chi connectivity index (χ2v) is 10.6. The summed E-state index contributed by atoms with van der Waals surface area (Å²) >= 11 is 13.0. The number of aryl methyl sites for hydroxylation is 1. The van der Waals surface area contributed by atoms with Crippen LogP contribution in [0.5, 0.6) is 0 Å². The maximum Gasteiger partial charge on any atom is 0.0903 e. The van der Waals surface area contributed by atoms with Crippen molar-refractivity contribution in [3.63, 3.8) is 0 Å². The Labute approximate surface area is 124 Å². The average Bonchev–Trinajstić information content (AvgIpc) is 2.53. The van der Waals surface area contributed by atoms with Gasteiger partial charge < -0.3 is 4.57 Å². The summed E-state index contributed by atoms with van der Waals surface area (Å²) in [5.41, 5.74) is 1.22. The van der Waals surface area contributed by atoms with E-state index in [1.54, 1.807) is 0 Å². The molecule has 0 bridgehead atoms. The minimum atomic E-state index is -1.99. The first kappa shape index (κ1) is 14.1. The molecule has 0 spiro atoms. The number of hydrogen-bond acceptors (Lipinski definition) is 1. The van der Waals surface area contributed by atoms with Crippen LogP contribution in [0.4, 0.5) is 0 Å². The van der Waals surface area contributed by atoms with Crippen molar-refractivity contribution in [1.82, 2.24) is 0 Å². The van der Waals surface area contributed by atoms with Gasteiger partial charge in [-0.2, -0.15) is 0 Å². The monoisotopic (exact) mass is 398 g/mol. The zero-order valence-electron chi connectivity index (χ0n) is 9.28. The molecule has 0 amide bonds. The van der Waals surface area contributed by atoms with Crippen molar-refractivity contribution in [1.29, 1.82) is 0 Å². The van der Waals surface area contributed by atoms with Crippen molar-refractivity contribution in [3.8, 4) is 0 Å². The van der Waals surface area contributed by atoms with Crippen molar-refractivity contribution in [2.75, 3.05) is 18.5 Å². The molecule has 0 aromatic heterocycles. The van der Waals surface area contributed by atoms with Gasteiger partial charge in [0.2, 0.25) is 0 Å². The molecule has 2 atom stereocenters. The van der Waals surface area contributed by atoms with E-state index in [-0.39, 0.29) is 0 Å². The van der Waals surface area contributed by atoms with Gasteiger partial charge in [-0.25, -0.2) is 0 Å². The van der Waals surface area contributed by atoms with Gasteiger partial charge >= 0.3 is 0 Å². The maximum absolute atomic E-state index is 12.6. The Balaban J connectivity index is 1.94. The molecule has 1 heterocycles. The first-order valence-corrected chi connectivity index (χ1v) is 10.1. The first-order chi connectivity index (χ1) is 7.98. The van der Waals surface area contributed by atoms with Gasteiger partial charge in [-0.15, -0.1) is 0 Å². The molecule has 1 fully saturated rings. The highest BCUT2D eigenvalue weighted by Gasteiger charge is 2.38. The topological polar surface area (TPSA) is 17.1 Å². The smallest absolute Gasteiger partial charge is 0.0903 e. The van der Waals surface area contributed by atoms with E-state index >= 15 is 0 Å². The third kappa shape index (κ3) is 3.83. The van der Waals surface area contributed by atoms with E-state index in [2.05, 4.69) is 31.9 Å². The normalized spacial score (nSPS) is 27.2. The maximum atomic E-state index is 12.6. The van der Waals surface area contributed by atoms with E-state index in [1.165, 1.54) is 5.56 Å². The van der Waals surface area contributed by atoms with Crippen molar-refractivity contribution in [2.45, 2.75) is 16.1 Å². The third-order valence-electron chi connectivity index (χ3n) is 3.13. The molecule has 1 aromatic rings. The Kier molecular flexibility index (Phi) is 4.79. The van der Waals surface area contributed by atoms with E-state index in [0.29, 0.717) is 9.65 Å². The van der Waals surface area contributed by atoms with Gasteiger partial charge in [0.1, 0.15) is 0 Å². The van der Waals surface area contributed by atoms with E-state index in [0.717, 1.165) is 29.9 Å². The summed E-state index contributed by atoms with van der Waals surface area (Å²) in [6.07, 6.45) is 3.32. The molecule has 5 heteroatoms. The fourth-order valence-electron chi connectivity index (χ4n) is 2.11. The van der Waals surface area contributed by atoms with Gasteiger partial charge in [0.05, 0.1) is 7.14 Å². The lowest BCUT2D eigenvalue weighted by Gasteiger charge is -2.10. The Bertz CT molecular complexity index is 421. The molecule has 1 aliphatic rings. The molecule has 0 aliphatic carbocycles. The van der Waals surface area contributed by atoms with Crippen LogP contribution in [0.3, 0.4) is 0 Å². The Morgan fingerprint density at radius 2 is 1.71 bits per heavy atom. The average molecular weight is 400 g/mol. The zero-order valence-corrected chi connectivity index (χ0v) is 14.1. The SMILES string of the molecule is O=P1(CCc2ccc(Cl)cc2)C[C@H](Br)[C@@H](Br)C1. The van der Waals surface area contributed by atoms with Gasteiger partial charge in [0, 0.05) is 33.2 Å². The summed E-state index contributed by atoms with van der Waals surface area (Å²) in [5, 5.41) is 0.752. The summed E-state index contributed by atoms with van der Waals surface area (Å²) in [4.78, 5) is 0.720. The largest absolute Gasteiger partial charge is 0.323 e. The van der Waals surface area contributed by atoms with Crippen molar-refractivity contribution >= 4 is 50.6 Å². The summed E-state index contributed by atoms with van der Waals surface area (Å²) in [6.45, 7) is 0. The predicted octanol–water partition coefficient (Wildman–Crippen LogP) is 4.79. The molecule has 1 nitrogen and oxygen atoms in total. The van der Waals surface area contributed by atoms with E-state index in [9.17, 15) is 4.57 Å². The fourth-order valence-corrected chi connectivity index (χ4v) is 9.31. The molecule has 0 N–H and O–H groups in total. The van der Waals surface area contributed by atoms with Crippen LogP contribution in [0.15, 0.2) is 24.3 Å².